The molecule has 1 heterocycles. The van der Waals surface area contributed by atoms with Gasteiger partial charge in [0.05, 0.1) is 5.92 Å². The summed E-state index contributed by atoms with van der Waals surface area (Å²) in [6.07, 6.45) is 0.0201. The van der Waals surface area contributed by atoms with E-state index in [-0.39, 0.29) is 24.3 Å². The second-order valence-corrected chi connectivity index (χ2v) is 10.8. The molecule has 1 aliphatic rings. The van der Waals surface area contributed by atoms with Crippen molar-refractivity contribution in [2.24, 2.45) is 5.92 Å². The fraction of sp³-hybridized carbons (Fsp3) is 0.300. The van der Waals surface area contributed by atoms with E-state index in [4.69, 9.17) is 21.1 Å². The zero-order valence-corrected chi connectivity index (χ0v) is 22.7. The Kier molecular flexibility index (Phi) is 8.07. The number of hydrogen-bond donors (Lipinski definition) is 1. The average molecular weight is 535 g/mol. The molecule has 0 aromatic heterocycles. The number of halogens is 1. The first-order valence-electron chi connectivity index (χ1n) is 12.4. The van der Waals surface area contributed by atoms with Gasteiger partial charge in [0.15, 0.2) is 6.61 Å². The average Bonchev–Trinajstić information content (AvgIpc) is 3.26. The Bertz CT molecular complexity index is 1330. The third-order valence-electron chi connectivity index (χ3n) is 6.38. The first kappa shape index (κ1) is 27.2. The lowest BCUT2D eigenvalue weighted by molar-refractivity contribution is -0.151. The van der Waals surface area contributed by atoms with E-state index in [0.717, 1.165) is 11.3 Å². The molecule has 3 aromatic rings. The zero-order valence-electron chi connectivity index (χ0n) is 21.9. The van der Waals surface area contributed by atoms with Crippen LogP contribution in [0.4, 0.5) is 11.4 Å². The smallest absolute Gasteiger partial charge is 0.311 e. The predicted molar refractivity (Wildman–Crippen MR) is 148 cm³/mol. The van der Waals surface area contributed by atoms with Crippen molar-refractivity contribution in [3.05, 3.63) is 82.9 Å². The molecule has 0 saturated carbocycles. The van der Waals surface area contributed by atoms with Crippen molar-refractivity contribution < 1.29 is 23.9 Å². The highest BCUT2D eigenvalue weighted by Gasteiger charge is 2.36. The Balaban J connectivity index is 1.30. The molecular formula is C30H31ClN2O5. The molecule has 0 radical (unpaired) electrons. The lowest BCUT2D eigenvalue weighted by Crippen LogP contribution is -2.28. The van der Waals surface area contributed by atoms with Gasteiger partial charge in [0.2, 0.25) is 5.91 Å². The van der Waals surface area contributed by atoms with Gasteiger partial charge in [-0.3, -0.25) is 14.4 Å². The van der Waals surface area contributed by atoms with Crippen molar-refractivity contribution in [1.29, 1.82) is 0 Å². The first-order chi connectivity index (χ1) is 18.0. The minimum Gasteiger partial charge on any atom is -0.457 e. The maximum Gasteiger partial charge on any atom is 0.311 e. The van der Waals surface area contributed by atoms with Gasteiger partial charge in [-0.2, -0.15) is 0 Å². The summed E-state index contributed by atoms with van der Waals surface area (Å²) in [7, 11) is 0. The first-order valence-corrected chi connectivity index (χ1v) is 12.8. The van der Waals surface area contributed by atoms with Crippen molar-refractivity contribution in [2.45, 2.75) is 39.5 Å². The molecule has 1 atom stereocenters. The van der Waals surface area contributed by atoms with E-state index in [1.807, 2.05) is 31.2 Å². The van der Waals surface area contributed by atoms with Crippen LogP contribution in [0.5, 0.6) is 11.5 Å². The van der Waals surface area contributed by atoms with Crippen molar-refractivity contribution in [3.8, 4) is 11.5 Å². The van der Waals surface area contributed by atoms with Crippen LogP contribution in [0.15, 0.2) is 66.7 Å². The van der Waals surface area contributed by atoms with E-state index < -0.39 is 24.4 Å². The summed E-state index contributed by atoms with van der Waals surface area (Å²) in [5.41, 5.74) is 3.33. The number of nitrogens with zero attached hydrogens (tertiary/aromatic N) is 1. The highest BCUT2D eigenvalue weighted by Crippen LogP contribution is 2.30. The van der Waals surface area contributed by atoms with Crippen LogP contribution in [-0.2, 0) is 24.5 Å². The number of esters is 1. The fourth-order valence-electron chi connectivity index (χ4n) is 4.14. The second-order valence-electron chi connectivity index (χ2n) is 10.4. The Morgan fingerprint density at radius 3 is 2.26 bits per heavy atom. The minimum atomic E-state index is -0.652. The lowest BCUT2D eigenvalue weighted by Gasteiger charge is -2.19. The lowest BCUT2D eigenvalue weighted by atomic mass is 9.87. The second kappa shape index (κ2) is 11.3. The van der Waals surface area contributed by atoms with Gasteiger partial charge in [-0.15, -0.1) is 0 Å². The number of hydrogen-bond acceptors (Lipinski definition) is 5. The Labute approximate surface area is 227 Å². The Hall–Kier alpha value is -3.84. The number of nitrogens with one attached hydrogen (secondary N) is 1. The number of carbonyl (C=O) groups excluding carboxylic acids is 3. The van der Waals surface area contributed by atoms with Crippen molar-refractivity contribution >= 4 is 40.8 Å². The molecule has 3 aromatic carbocycles. The summed E-state index contributed by atoms with van der Waals surface area (Å²) in [5, 5.41) is 3.17. The molecule has 2 amide bonds. The van der Waals surface area contributed by atoms with Crippen LogP contribution in [0.25, 0.3) is 0 Å². The van der Waals surface area contributed by atoms with E-state index in [0.29, 0.717) is 22.1 Å². The molecule has 0 bridgehead atoms. The highest BCUT2D eigenvalue weighted by atomic mass is 35.5. The maximum absolute atomic E-state index is 12.6. The summed E-state index contributed by atoms with van der Waals surface area (Å²) in [5.74, 6) is -0.537. The van der Waals surface area contributed by atoms with Gasteiger partial charge in [0, 0.05) is 29.4 Å². The monoisotopic (exact) mass is 534 g/mol. The number of ether oxygens (including phenoxy) is 2. The molecule has 1 saturated heterocycles. The Morgan fingerprint density at radius 1 is 1.00 bits per heavy atom. The number of carbonyl (C=O) groups is 3. The number of rotatable bonds is 7. The van der Waals surface area contributed by atoms with E-state index in [1.165, 1.54) is 5.56 Å². The quantitative estimate of drug-likeness (QED) is 0.361. The van der Waals surface area contributed by atoms with Gasteiger partial charge in [0.1, 0.15) is 11.5 Å². The summed E-state index contributed by atoms with van der Waals surface area (Å²) in [6.45, 7) is 8.04. The van der Waals surface area contributed by atoms with Gasteiger partial charge in [-0.1, -0.05) is 50.6 Å². The standard InChI is InChI=1S/C30H31ClN2O5/c1-19-5-8-22(31)16-26(19)32-27(34)18-37-29(36)20-15-28(35)33(17-20)23-9-13-25(14-10-23)38-24-11-6-21(7-12-24)30(2,3)4/h5-14,16,20H,15,17-18H2,1-4H3,(H,32,34)/t20-/m0/s1. The number of amides is 2. The maximum atomic E-state index is 12.6. The van der Waals surface area contributed by atoms with Crippen LogP contribution < -0.4 is 15.0 Å². The van der Waals surface area contributed by atoms with Crippen LogP contribution in [0, 0.1) is 12.8 Å². The third kappa shape index (κ3) is 6.72. The molecule has 0 spiro atoms. The topological polar surface area (TPSA) is 84.9 Å². The number of aryl methyl sites for hydroxylation is 1. The summed E-state index contributed by atoms with van der Waals surface area (Å²) in [6, 6.07) is 20.2. The van der Waals surface area contributed by atoms with Crippen LogP contribution in [0.2, 0.25) is 5.02 Å². The largest absolute Gasteiger partial charge is 0.457 e. The SMILES string of the molecule is Cc1ccc(Cl)cc1NC(=O)COC(=O)[C@H]1CC(=O)N(c2ccc(Oc3ccc(C(C)(C)C)cc3)cc2)C1. The minimum absolute atomic E-state index is 0.0201. The molecular weight excluding hydrogens is 504 g/mol. The van der Waals surface area contributed by atoms with Crippen LogP contribution >= 0.6 is 11.6 Å². The Morgan fingerprint density at radius 2 is 1.63 bits per heavy atom. The molecule has 1 aliphatic heterocycles. The van der Waals surface area contributed by atoms with Crippen LogP contribution in [-0.4, -0.2) is 30.9 Å². The number of benzene rings is 3. The molecule has 0 unspecified atom stereocenters. The van der Waals surface area contributed by atoms with Crippen molar-refractivity contribution in [2.75, 3.05) is 23.4 Å². The van der Waals surface area contributed by atoms with Crippen molar-refractivity contribution in [1.82, 2.24) is 0 Å². The van der Waals surface area contributed by atoms with E-state index in [1.54, 1.807) is 47.4 Å². The van der Waals surface area contributed by atoms with E-state index >= 15 is 0 Å². The molecule has 4 rings (SSSR count). The molecule has 198 valence electrons. The normalized spacial score (nSPS) is 15.3. The van der Waals surface area contributed by atoms with Gasteiger partial charge < -0.3 is 19.7 Å². The molecule has 1 N–H and O–H groups in total. The van der Waals surface area contributed by atoms with E-state index in [9.17, 15) is 14.4 Å². The van der Waals surface area contributed by atoms with Crippen LogP contribution in [0.3, 0.4) is 0 Å². The predicted octanol–water partition coefficient (Wildman–Crippen LogP) is 6.27. The third-order valence-corrected chi connectivity index (χ3v) is 6.62. The van der Waals surface area contributed by atoms with Gasteiger partial charge in [-0.05, 0) is 72.0 Å². The molecule has 0 aliphatic carbocycles. The zero-order chi connectivity index (χ0) is 27.4. The van der Waals surface area contributed by atoms with Crippen molar-refractivity contribution in [3.63, 3.8) is 0 Å². The fourth-order valence-corrected chi connectivity index (χ4v) is 4.31. The highest BCUT2D eigenvalue weighted by molar-refractivity contribution is 6.31. The van der Waals surface area contributed by atoms with Gasteiger partial charge in [0.25, 0.3) is 5.91 Å². The molecule has 8 heteroatoms. The summed E-state index contributed by atoms with van der Waals surface area (Å²) >= 11 is 5.98. The summed E-state index contributed by atoms with van der Waals surface area (Å²) in [4.78, 5) is 39.0. The van der Waals surface area contributed by atoms with Gasteiger partial charge in [-0.25, -0.2) is 0 Å². The molecule has 7 nitrogen and oxygen atoms in total. The van der Waals surface area contributed by atoms with E-state index in [2.05, 4.69) is 26.1 Å². The molecule has 1 fully saturated rings. The van der Waals surface area contributed by atoms with Crippen LogP contribution in [0.1, 0.15) is 38.3 Å². The van der Waals surface area contributed by atoms with Gasteiger partial charge >= 0.3 is 5.97 Å². The number of anilines is 2. The summed E-state index contributed by atoms with van der Waals surface area (Å²) < 4.78 is 11.1. The molecule has 38 heavy (non-hydrogen) atoms.